The molecule has 1 aromatic heterocycles. The van der Waals surface area contributed by atoms with Crippen molar-refractivity contribution in [2.75, 3.05) is 13.1 Å². The summed E-state index contributed by atoms with van der Waals surface area (Å²) in [6, 6.07) is 5.78. The van der Waals surface area contributed by atoms with E-state index in [2.05, 4.69) is 10.3 Å². The van der Waals surface area contributed by atoms with Crippen molar-refractivity contribution in [3.05, 3.63) is 30.1 Å². The third kappa shape index (κ3) is 5.45. The highest BCUT2D eigenvalue weighted by Gasteiger charge is 2.19. The Labute approximate surface area is 103 Å². The lowest BCUT2D eigenvalue weighted by atomic mass is 9.89. The van der Waals surface area contributed by atoms with E-state index in [1.54, 1.807) is 6.20 Å². The first-order chi connectivity index (χ1) is 8.03. The van der Waals surface area contributed by atoms with Crippen molar-refractivity contribution in [1.82, 2.24) is 10.3 Å². The van der Waals surface area contributed by atoms with Gasteiger partial charge in [-0.3, -0.25) is 9.78 Å². The Kier molecular flexibility index (Phi) is 5.10. The summed E-state index contributed by atoms with van der Waals surface area (Å²) in [5.41, 5.74) is 6.45. The van der Waals surface area contributed by atoms with Gasteiger partial charge < -0.3 is 11.1 Å². The van der Waals surface area contributed by atoms with Crippen molar-refractivity contribution in [3.8, 4) is 0 Å². The van der Waals surface area contributed by atoms with E-state index in [0.717, 1.165) is 12.1 Å². The fourth-order valence-electron chi connectivity index (χ4n) is 1.45. The number of aromatic nitrogens is 1. The minimum atomic E-state index is -0.130. The summed E-state index contributed by atoms with van der Waals surface area (Å²) in [6.07, 6.45) is 2.98. The largest absolute Gasteiger partial charge is 0.356 e. The zero-order chi connectivity index (χ0) is 12.7. The minimum absolute atomic E-state index is 0.0522. The average Bonchev–Trinajstić information content (AvgIpc) is 2.30. The maximum atomic E-state index is 11.6. The maximum absolute atomic E-state index is 11.6. The van der Waals surface area contributed by atoms with Crippen molar-refractivity contribution >= 4 is 5.91 Å². The third-order valence-corrected chi connectivity index (χ3v) is 2.62. The van der Waals surface area contributed by atoms with Gasteiger partial charge in [0.1, 0.15) is 0 Å². The van der Waals surface area contributed by atoms with Crippen LogP contribution in [0.2, 0.25) is 0 Å². The smallest absolute Gasteiger partial charge is 0.220 e. The van der Waals surface area contributed by atoms with Gasteiger partial charge in [-0.1, -0.05) is 19.9 Å². The molecule has 0 bridgehead atoms. The molecule has 0 radical (unpaired) electrons. The molecular formula is C13H21N3O. The van der Waals surface area contributed by atoms with E-state index in [1.165, 1.54) is 0 Å². The summed E-state index contributed by atoms with van der Waals surface area (Å²) in [7, 11) is 0. The number of carbonyl (C=O) groups excluding carboxylic acids is 1. The van der Waals surface area contributed by atoms with Gasteiger partial charge in [-0.05, 0) is 24.1 Å². The maximum Gasteiger partial charge on any atom is 0.220 e. The highest BCUT2D eigenvalue weighted by atomic mass is 16.1. The number of hydrogen-bond donors (Lipinski definition) is 2. The van der Waals surface area contributed by atoms with Crippen molar-refractivity contribution in [3.63, 3.8) is 0 Å². The molecule has 3 N–H and O–H groups in total. The predicted molar refractivity (Wildman–Crippen MR) is 68.4 cm³/mol. The van der Waals surface area contributed by atoms with Crippen LogP contribution in [0.5, 0.6) is 0 Å². The molecule has 1 aromatic rings. The molecule has 0 atom stereocenters. The van der Waals surface area contributed by atoms with Crippen LogP contribution in [-0.4, -0.2) is 24.0 Å². The Hall–Kier alpha value is -1.42. The summed E-state index contributed by atoms with van der Waals surface area (Å²) in [4.78, 5) is 15.8. The monoisotopic (exact) mass is 235 g/mol. The molecule has 1 rings (SSSR count). The van der Waals surface area contributed by atoms with Gasteiger partial charge in [-0.2, -0.15) is 0 Å². The van der Waals surface area contributed by atoms with Gasteiger partial charge in [0.25, 0.3) is 0 Å². The number of amides is 1. The average molecular weight is 235 g/mol. The van der Waals surface area contributed by atoms with Crippen LogP contribution in [0.1, 0.15) is 26.0 Å². The highest BCUT2D eigenvalue weighted by molar-refractivity contribution is 5.76. The van der Waals surface area contributed by atoms with Gasteiger partial charge in [0, 0.05) is 31.3 Å². The fraction of sp³-hybridized carbons (Fsp3) is 0.538. The number of nitrogens with two attached hydrogens (primary N) is 1. The van der Waals surface area contributed by atoms with Gasteiger partial charge in [0.05, 0.1) is 0 Å². The minimum Gasteiger partial charge on any atom is -0.356 e. The van der Waals surface area contributed by atoms with E-state index in [0.29, 0.717) is 19.5 Å². The number of pyridine rings is 1. The second kappa shape index (κ2) is 6.35. The van der Waals surface area contributed by atoms with Crippen molar-refractivity contribution in [1.29, 1.82) is 0 Å². The Bertz CT molecular complexity index is 349. The van der Waals surface area contributed by atoms with Crippen molar-refractivity contribution in [2.24, 2.45) is 11.1 Å². The van der Waals surface area contributed by atoms with Crippen LogP contribution in [0.3, 0.4) is 0 Å². The molecule has 0 aliphatic carbocycles. The Morgan fingerprint density at radius 3 is 2.82 bits per heavy atom. The van der Waals surface area contributed by atoms with Crippen molar-refractivity contribution in [2.45, 2.75) is 26.7 Å². The lowest BCUT2D eigenvalue weighted by molar-refractivity contribution is -0.122. The van der Waals surface area contributed by atoms with E-state index >= 15 is 0 Å². The first-order valence-electron chi connectivity index (χ1n) is 5.90. The quantitative estimate of drug-likeness (QED) is 0.776. The lowest BCUT2D eigenvalue weighted by Crippen LogP contribution is -2.34. The Morgan fingerprint density at radius 1 is 1.47 bits per heavy atom. The van der Waals surface area contributed by atoms with Crippen LogP contribution in [0, 0.1) is 5.41 Å². The van der Waals surface area contributed by atoms with E-state index in [-0.39, 0.29) is 11.3 Å². The fourth-order valence-corrected chi connectivity index (χ4v) is 1.45. The number of hydrogen-bond acceptors (Lipinski definition) is 3. The molecule has 0 unspecified atom stereocenters. The topological polar surface area (TPSA) is 68.0 Å². The summed E-state index contributed by atoms with van der Waals surface area (Å²) in [6.45, 7) is 5.12. The Balaban J connectivity index is 2.25. The van der Waals surface area contributed by atoms with E-state index < -0.39 is 0 Å². The van der Waals surface area contributed by atoms with E-state index in [4.69, 9.17) is 5.73 Å². The number of nitrogens with one attached hydrogen (secondary N) is 1. The molecule has 0 aliphatic heterocycles. The van der Waals surface area contributed by atoms with E-state index in [1.807, 2.05) is 32.0 Å². The standard InChI is InChI=1S/C13H21N3O/c1-13(2,10-14)9-12(17)16-8-6-11-5-3-4-7-15-11/h3-5,7H,6,8-10,14H2,1-2H3,(H,16,17). The molecule has 0 aliphatic rings. The third-order valence-electron chi connectivity index (χ3n) is 2.62. The van der Waals surface area contributed by atoms with E-state index in [9.17, 15) is 4.79 Å². The predicted octanol–water partition coefficient (Wildman–Crippen LogP) is 1.12. The Morgan fingerprint density at radius 2 is 2.24 bits per heavy atom. The van der Waals surface area contributed by atoms with Crippen LogP contribution in [0.25, 0.3) is 0 Å². The normalized spacial score (nSPS) is 11.2. The van der Waals surface area contributed by atoms with Gasteiger partial charge in [0.2, 0.25) is 5.91 Å². The molecule has 0 saturated heterocycles. The van der Waals surface area contributed by atoms with Crippen LogP contribution in [-0.2, 0) is 11.2 Å². The van der Waals surface area contributed by atoms with Gasteiger partial charge in [-0.25, -0.2) is 0 Å². The molecule has 4 heteroatoms. The van der Waals surface area contributed by atoms with Crippen LogP contribution in [0.15, 0.2) is 24.4 Å². The second-order valence-corrected chi connectivity index (χ2v) is 4.97. The zero-order valence-electron chi connectivity index (χ0n) is 10.6. The highest BCUT2D eigenvalue weighted by Crippen LogP contribution is 2.17. The van der Waals surface area contributed by atoms with Gasteiger partial charge in [0.15, 0.2) is 0 Å². The first-order valence-corrected chi connectivity index (χ1v) is 5.90. The zero-order valence-corrected chi connectivity index (χ0v) is 10.6. The van der Waals surface area contributed by atoms with Gasteiger partial charge in [-0.15, -0.1) is 0 Å². The molecule has 0 spiro atoms. The molecular weight excluding hydrogens is 214 g/mol. The molecule has 0 saturated carbocycles. The molecule has 0 fully saturated rings. The summed E-state index contributed by atoms with van der Waals surface area (Å²) >= 11 is 0. The summed E-state index contributed by atoms with van der Waals surface area (Å²) in [5.74, 6) is 0.0522. The number of carbonyl (C=O) groups is 1. The first kappa shape index (κ1) is 13.6. The van der Waals surface area contributed by atoms with Gasteiger partial charge >= 0.3 is 0 Å². The molecule has 1 heterocycles. The lowest BCUT2D eigenvalue weighted by Gasteiger charge is -2.21. The van der Waals surface area contributed by atoms with Crippen molar-refractivity contribution < 1.29 is 4.79 Å². The van der Waals surface area contributed by atoms with Crippen LogP contribution < -0.4 is 11.1 Å². The van der Waals surface area contributed by atoms with Crippen LogP contribution >= 0.6 is 0 Å². The molecule has 17 heavy (non-hydrogen) atoms. The number of nitrogens with zero attached hydrogens (tertiary/aromatic N) is 1. The SMILES string of the molecule is CC(C)(CN)CC(=O)NCCc1ccccn1. The molecule has 1 amide bonds. The summed E-state index contributed by atoms with van der Waals surface area (Å²) in [5, 5.41) is 2.89. The molecule has 0 aromatic carbocycles. The number of rotatable bonds is 6. The molecule has 94 valence electrons. The summed E-state index contributed by atoms with van der Waals surface area (Å²) < 4.78 is 0. The second-order valence-electron chi connectivity index (χ2n) is 4.97. The molecule has 4 nitrogen and oxygen atoms in total. The van der Waals surface area contributed by atoms with Crippen LogP contribution in [0.4, 0.5) is 0 Å².